The molecule has 1 heterocycles. The summed E-state index contributed by atoms with van der Waals surface area (Å²) >= 11 is 0. The molecule has 4 rings (SSSR count). The van der Waals surface area contributed by atoms with E-state index in [0.717, 1.165) is 29.6 Å². The van der Waals surface area contributed by atoms with Crippen LogP contribution in [0.2, 0.25) is 0 Å². The Hall–Kier alpha value is -1.51. The molecule has 2 atom stereocenters. The van der Waals surface area contributed by atoms with Crippen molar-refractivity contribution in [1.29, 1.82) is 0 Å². The summed E-state index contributed by atoms with van der Waals surface area (Å²) < 4.78 is 2.50. The van der Waals surface area contributed by atoms with Crippen LogP contribution in [0.5, 0.6) is 0 Å². The highest BCUT2D eigenvalue weighted by Gasteiger charge is 2.31. The summed E-state index contributed by atoms with van der Waals surface area (Å²) in [5.41, 5.74) is 9.09. The number of benzene rings is 1. The van der Waals surface area contributed by atoms with E-state index in [1.807, 2.05) is 12.1 Å². The third-order valence-corrected chi connectivity index (χ3v) is 5.20. The van der Waals surface area contributed by atoms with Crippen molar-refractivity contribution in [2.75, 3.05) is 5.73 Å². The second-order valence-electron chi connectivity index (χ2n) is 6.77. The lowest BCUT2D eigenvalue weighted by Crippen LogP contribution is -2.15. The maximum Gasteiger partial charge on any atom is 0.113 e. The number of nitrogen functional groups attached to an aromatic ring is 1. The molecule has 0 radical (unpaired) electrons. The molecular formula is C17H23N3. The predicted octanol–water partition coefficient (Wildman–Crippen LogP) is 3.93. The summed E-state index contributed by atoms with van der Waals surface area (Å²) in [6.45, 7) is 3.55. The lowest BCUT2D eigenvalue weighted by atomic mass is 9.98. The average molecular weight is 269 g/mol. The van der Waals surface area contributed by atoms with Gasteiger partial charge in [0.15, 0.2) is 0 Å². The molecule has 1 aromatic carbocycles. The van der Waals surface area contributed by atoms with Crippen LogP contribution < -0.4 is 5.73 Å². The fourth-order valence-corrected chi connectivity index (χ4v) is 3.74. The second kappa shape index (κ2) is 4.51. The summed E-state index contributed by atoms with van der Waals surface area (Å²) in [5, 5.41) is 0. The van der Waals surface area contributed by atoms with Crippen LogP contribution >= 0.6 is 0 Å². The molecule has 0 saturated heterocycles. The van der Waals surface area contributed by atoms with Gasteiger partial charge in [-0.2, -0.15) is 0 Å². The summed E-state index contributed by atoms with van der Waals surface area (Å²) in [4.78, 5) is 4.89. The van der Waals surface area contributed by atoms with E-state index in [4.69, 9.17) is 10.7 Å². The van der Waals surface area contributed by atoms with Crippen LogP contribution in [0.25, 0.3) is 11.0 Å². The van der Waals surface area contributed by atoms with Crippen LogP contribution in [-0.4, -0.2) is 9.55 Å². The van der Waals surface area contributed by atoms with Gasteiger partial charge in [0, 0.05) is 18.2 Å². The smallest absolute Gasteiger partial charge is 0.113 e. The molecule has 2 saturated carbocycles. The van der Waals surface area contributed by atoms with Gasteiger partial charge in [0.2, 0.25) is 0 Å². The number of anilines is 1. The Balaban J connectivity index is 1.77. The normalized spacial score (nSPS) is 26.4. The molecule has 2 fully saturated rings. The maximum atomic E-state index is 5.91. The largest absolute Gasteiger partial charge is 0.399 e. The molecule has 106 valence electrons. The third-order valence-electron chi connectivity index (χ3n) is 5.20. The Labute approximate surface area is 120 Å². The van der Waals surface area contributed by atoms with Gasteiger partial charge in [-0.05, 0) is 49.3 Å². The van der Waals surface area contributed by atoms with Gasteiger partial charge >= 0.3 is 0 Å². The summed E-state index contributed by atoms with van der Waals surface area (Å²) in [5.74, 6) is 3.68. The first-order valence-electron chi connectivity index (χ1n) is 7.98. The fourth-order valence-electron chi connectivity index (χ4n) is 3.74. The predicted molar refractivity (Wildman–Crippen MR) is 82.6 cm³/mol. The highest BCUT2D eigenvalue weighted by Crippen LogP contribution is 2.42. The van der Waals surface area contributed by atoms with Gasteiger partial charge in [0.25, 0.3) is 0 Å². The van der Waals surface area contributed by atoms with E-state index >= 15 is 0 Å². The second-order valence-corrected chi connectivity index (χ2v) is 6.77. The Morgan fingerprint density at radius 3 is 2.80 bits per heavy atom. The van der Waals surface area contributed by atoms with Crippen LogP contribution in [0.1, 0.15) is 50.8 Å². The van der Waals surface area contributed by atoms with E-state index in [2.05, 4.69) is 17.6 Å². The van der Waals surface area contributed by atoms with Gasteiger partial charge < -0.3 is 10.3 Å². The minimum Gasteiger partial charge on any atom is -0.399 e. The maximum absolute atomic E-state index is 5.91. The highest BCUT2D eigenvalue weighted by molar-refractivity contribution is 5.79. The molecule has 2 aromatic rings. The van der Waals surface area contributed by atoms with Gasteiger partial charge in [0.1, 0.15) is 5.82 Å². The van der Waals surface area contributed by atoms with Crippen LogP contribution in [0, 0.1) is 11.8 Å². The van der Waals surface area contributed by atoms with E-state index in [9.17, 15) is 0 Å². The standard InChI is InChI=1S/C17H23N3/c1-11-3-2-4-13(11)10-20-16-8-7-14(18)9-15(16)19-17(20)12-5-6-12/h7-9,11-13H,2-6,10,18H2,1H3. The Kier molecular flexibility index (Phi) is 2.76. The SMILES string of the molecule is CC1CCCC1Cn1c(C2CC2)nc2cc(N)ccc21. The van der Waals surface area contributed by atoms with E-state index < -0.39 is 0 Å². The number of imidazole rings is 1. The molecule has 2 unspecified atom stereocenters. The van der Waals surface area contributed by atoms with Crippen LogP contribution in [0.15, 0.2) is 18.2 Å². The molecule has 3 heteroatoms. The molecular weight excluding hydrogens is 246 g/mol. The first-order chi connectivity index (χ1) is 9.72. The lowest BCUT2D eigenvalue weighted by Gasteiger charge is -2.18. The molecule has 3 nitrogen and oxygen atoms in total. The van der Waals surface area contributed by atoms with Crippen molar-refractivity contribution in [1.82, 2.24) is 9.55 Å². The zero-order valence-corrected chi connectivity index (χ0v) is 12.2. The Bertz CT molecular complexity index is 639. The van der Waals surface area contributed by atoms with Crippen molar-refractivity contribution in [3.63, 3.8) is 0 Å². The number of fused-ring (bicyclic) bond motifs is 1. The lowest BCUT2D eigenvalue weighted by molar-refractivity contribution is 0.363. The molecule has 0 amide bonds. The summed E-state index contributed by atoms with van der Waals surface area (Å²) in [6.07, 6.45) is 6.77. The number of aromatic nitrogens is 2. The molecule has 0 aliphatic heterocycles. The number of nitrogens with two attached hydrogens (primary N) is 1. The van der Waals surface area contributed by atoms with Crippen LogP contribution in [0.3, 0.4) is 0 Å². The zero-order valence-electron chi connectivity index (χ0n) is 12.2. The van der Waals surface area contributed by atoms with Crippen molar-refractivity contribution < 1.29 is 0 Å². The van der Waals surface area contributed by atoms with Crippen molar-refractivity contribution in [3.8, 4) is 0 Å². The zero-order chi connectivity index (χ0) is 13.7. The van der Waals surface area contributed by atoms with Crippen LogP contribution in [-0.2, 0) is 6.54 Å². The number of nitrogens with zero attached hydrogens (tertiary/aromatic N) is 2. The molecule has 0 spiro atoms. The quantitative estimate of drug-likeness (QED) is 0.858. The molecule has 2 N–H and O–H groups in total. The fraction of sp³-hybridized carbons (Fsp3) is 0.588. The summed E-state index contributed by atoms with van der Waals surface area (Å²) in [6, 6.07) is 6.19. The summed E-state index contributed by atoms with van der Waals surface area (Å²) in [7, 11) is 0. The monoisotopic (exact) mass is 269 g/mol. The van der Waals surface area contributed by atoms with E-state index in [1.165, 1.54) is 43.4 Å². The number of rotatable bonds is 3. The van der Waals surface area contributed by atoms with E-state index in [-0.39, 0.29) is 0 Å². The first-order valence-corrected chi connectivity index (χ1v) is 7.98. The minimum atomic E-state index is 0.695. The Morgan fingerprint density at radius 2 is 2.10 bits per heavy atom. The van der Waals surface area contributed by atoms with Gasteiger partial charge in [-0.3, -0.25) is 0 Å². The van der Waals surface area contributed by atoms with Gasteiger partial charge in [-0.1, -0.05) is 19.8 Å². The number of hydrogen-bond donors (Lipinski definition) is 1. The van der Waals surface area contributed by atoms with E-state index in [1.54, 1.807) is 0 Å². The Morgan fingerprint density at radius 1 is 1.25 bits per heavy atom. The molecule has 0 bridgehead atoms. The van der Waals surface area contributed by atoms with Crippen molar-refractivity contribution in [2.24, 2.45) is 11.8 Å². The van der Waals surface area contributed by atoms with Crippen molar-refractivity contribution in [2.45, 2.75) is 51.5 Å². The van der Waals surface area contributed by atoms with Gasteiger partial charge in [0.05, 0.1) is 11.0 Å². The first kappa shape index (κ1) is 12.2. The molecule has 1 aromatic heterocycles. The molecule has 2 aliphatic carbocycles. The third kappa shape index (κ3) is 2.00. The number of hydrogen-bond acceptors (Lipinski definition) is 2. The minimum absolute atomic E-state index is 0.695. The average Bonchev–Trinajstić information content (AvgIpc) is 3.11. The topological polar surface area (TPSA) is 43.8 Å². The van der Waals surface area contributed by atoms with Crippen LogP contribution in [0.4, 0.5) is 5.69 Å². The van der Waals surface area contributed by atoms with Gasteiger partial charge in [-0.25, -0.2) is 4.98 Å². The van der Waals surface area contributed by atoms with Crippen molar-refractivity contribution in [3.05, 3.63) is 24.0 Å². The van der Waals surface area contributed by atoms with Crippen molar-refractivity contribution >= 4 is 16.7 Å². The van der Waals surface area contributed by atoms with Gasteiger partial charge in [-0.15, -0.1) is 0 Å². The molecule has 2 aliphatic rings. The molecule has 20 heavy (non-hydrogen) atoms. The van der Waals surface area contributed by atoms with E-state index in [0.29, 0.717) is 5.92 Å². The highest BCUT2D eigenvalue weighted by atomic mass is 15.1.